The van der Waals surface area contributed by atoms with Crippen LogP contribution >= 0.6 is 11.6 Å². The average Bonchev–Trinajstić information content (AvgIpc) is 2.60. The van der Waals surface area contributed by atoms with E-state index in [4.69, 9.17) is 11.6 Å². The number of alkyl halides is 3. The Kier molecular flexibility index (Phi) is 5.08. The van der Waals surface area contributed by atoms with Gasteiger partial charge in [-0.05, 0) is 35.9 Å². The minimum atomic E-state index is -4.67. The van der Waals surface area contributed by atoms with Crippen LogP contribution in [0.25, 0.3) is 11.3 Å². The Labute approximate surface area is 151 Å². The Bertz CT molecular complexity index is 911. The predicted molar refractivity (Wildman–Crippen MR) is 91.2 cm³/mol. The zero-order chi connectivity index (χ0) is 18.7. The van der Waals surface area contributed by atoms with Crippen LogP contribution < -0.4 is 5.32 Å². The smallest absolute Gasteiger partial charge is 0.379 e. The highest BCUT2D eigenvalue weighted by Crippen LogP contribution is 2.35. The number of anilines is 1. The number of pyridine rings is 2. The van der Waals surface area contributed by atoms with Gasteiger partial charge in [-0.2, -0.15) is 13.2 Å². The summed E-state index contributed by atoms with van der Waals surface area (Å²) in [5.74, 6) is -0.650. The van der Waals surface area contributed by atoms with Gasteiger partial charge < -0.3 is 5.32 Å². The molecule has 26 heavy (non-hydrogen) atoms. The summed E-state index contributed by atoms with van der Waals surface area (Å²) < 4.78 is 53.4. The minimum Gasteiger partial charge on any atom is -0.379 e. The van der Waals surface area contributed by atoms with Gasteiger partial charge in [0.1, 0.15) is 5.82 Å². The van der Waals surface area contributed by atoms with E-state index < -0.39 is 17.7 Å². The third-order valence-corrected chi connectivity index (χ3v) is 3.81. The van der Waals surface area contributed by atoms with Gasteiger partial charge in [-0.25, -0.2) is 9.37 Å². The topological polar surface area (TPSA) is 37.8 Å². The molecule has 8 heteroatoms. The summed E-state index contributed by atoms with van der Waals surface area (Å²) in [6, 6.07) is 10.5. The van der Waals surface area contributed by atoms with E-state index in [0.29, 0.717) is 5.02 Å². The summed E-state index contributed by atoms with van der Waals surface area (Å²) in [7, 11) is 0. The van der Waals surface area contributed by atoms with Crippen molar-refractivity contribution in [1.29, 1.82) is 0 Å². The van der Waals surface area contributed by atoms with Crippen LogP contribution in [0.5, 0.6) is 0 Å². The number of rotatable bonds is 4. The van der Waals surface area contributed by atoms with Gasteiger partial charge in [-0.1, -0.05) is 23.7 Å². The highest BCUT2D eigenvalue weighted by molar-refractivity contribution is 6.30. The number of aromatic nitrogens is 2. The van der Waals surface area contributed by atoms with E-state index in [2.05, 4.69) is 15.3 Å². The molecule has 1 N–H and O–H groups in total. The Hall–Kier alpha value is -2.67. The first kappa shape index (κ1) is 18.1. The second kappa shape index (κ2) is 7.29. The number of hydrogen-bond acceptors (Lipinski definition) is 3. The molecule has 0 spiro atoms. The van der Waals surface area contributed by atoms with Gasteiger partial charge in [0, 0.05) is 23.3 Å². The number of hydrogen-bond donors (Lipinski definition) is 1. The molecule has 0 atom stereocenters. The van der Waals surface area contributed by atoms with Gasteiger partial charge >= 0.3 is 6.18 Å². The molecule has 3 aromatic rings. The predicted octanol–water partition coefficient (Wildman–Crippen LogP) is 5.57. The fourth-order valence-corrected chi connectivity index (χ4v) is 2.46. The lowest BCUT2D eigenvalue weighted by atomic mass is 10.1. The van der Waals surface area contributed by atoms with Crippen molar-refractivity contribution in [2.24, 2.45) is 0 Å². The fraction of sp³-hybridized carbons (Fsp3) is 0.111. The van der Waals surface area contributed by atoms with Crippen molar-refractivity contribution < 1.29 is 17.6 Å². The van der Waals surface area contributed by atoms with Crippen molar-refractivity contribution in [3.05, 3.63) is 77.0 Å². The van der Waals surface area contributed by atoms with E-state index in [9.17, 15) is 17.6 Å². The van der Waals surface area contributed by atoms with Gasteiger partial charge in [0.05, 0.1) is 17.6 Å². The second-order valence-electron chi connectivity index (χ2n) is 5.46. The van der Waals surface area contributed by atoms with E-state index in [0.717, 1.165) is 17.8 Å². The van der Waals surface area contributed by atoms with Crippen LogP contribution in [0.1, 0.15) is 11.3 Å². The Morgan fingerprint density at radius 3 is 2.38 bits per heavy atom. The Morgan fingerprint density at radius 2 is 1.73 bits per heavy atom. The standard InChI is InChI=1S/C18H12ClF4N3/c19-13-3-1-11(2-4-13)8-25-16-6-5-15(26-17(16)18(21,22)23)12-7-14(20)10-24-9-12/h1-7,9-10,25H,8H2. The zero-order valence-electron chi connectivity index (χ0n) is 13.2. The van der Waals surface area contributed by atoms with Crippen LogP contribution in [-0.2, 0) is 12.7 Å². The second-order valence-corrected chi connectivity index (χ2v) is 5.90. The lowest BCUT2D eigenvalue weighted by Crippen LogP contribution is -2.13. The van der Waals surface area contributed by atoms with Gasteiger partial charge in [-0.15, -0.1) is 0 Å². The van der Waals surface area contributed by atoms with E-state index in [-0.39, 0.29) is 23.5 Å². The van der Waals surface area contributed by atoms with Gasteiger partial charge in [-0.3, -0.25) is 4.98 Å². The van der Waals surface area contributed by atoms with Crippen molar-refractivity contribution in [2.75, 3.05) is 5.32 Å². The normalized spacial score (nSPS) is 11.4. The molecule has 0 saturated carbocycles. The summed E-state index contributed by atoms with van der Waals surface area (Å²) >= 11 is 5.79. The van der Waals surface area contributed by atoms with Gasteiger partial charge in [0.2, 0.25) is 0 Å². The van der Waals surface area contributed by atoms with Crippen LogP contribution in [0.15, 0.2) is 54.9 Å². The molecule has 0 bridgehead atoms. The van der Waals surface area contributed by atoms with Crippen molar-refractivity contribution in [3.63, 3.8) is 0 Å². The van der Waals surface area contributed by atoms with Crippen LogP contribution in [0, 0.1) is 5.82 Å². The first-order valence-corrected chi connectivity index (χ1v) is 7.88. The summed E-state index contributed by atoms with van der Waals surface area (Å²) in [5.41, 5.74) is -0.323. The van der Waals surface area contributed by atoms with Crippen molar-refractivity contribution >= 4 is 17.3 Å². The molecular weight excluding hydrogens is 370 g/mol. The third-order valence-electron chi connectivity index (χ3n) is 3.56. The highest BCUT2D eigenvalue weighted by Gasteiger charge is 2.36. The highest BCUT2D eigenvalue weighted by atomic mass is 35.5. The van der Waals surface area contributed by atoms with Crippen molar-refractivity contribution in [1.82, 2.24) is 9.97 Å². The Morgan fingerprint density at radius 1 is 1.00 bits per heavy atom. The lowest BCUT2D eigenvalue weighted by molar-refractivity contribution is -0.140. The maximum atomic E-state index is 13.4. The average molecular weight is 382 g/mol. The largest absolute Gasteiger partial charge is 0.435 e. The monoisotopic (exact) mass is 381 g/mol. The maximum Gasteiger partial charge on any atom is 0.435 e. The maximum absolute atomic E-state index is 13.4. The number of halogens is 5. The zero-order valence-corrected chi connectivity index (χ0v) is 13.9. The van der Waals surface area contributed by atoms with Crippen LogP contribution in [0.4, 0.5) is 23.2 Å². The minimum absolute atomic E-state index is 0.0126. The number of nitrogens with one attached hydrogen (secondary N) is 1. The Balaban J connectivity index is 1.91. The fourth-order valence-electron chi connectivity index (χ4n) is 2.33. The number of benzene rings is 1. The van der Waals surface area contributed by atoms with Crippen molar-refractivity contribution in [3.8, 4) is 11.3 Å². The first-order chi connectivity index (χ1) is 12.3. The SMILES string of the molecule is Fc1cncc(-c2ccc(NCc3ccc(Cl)cc3)c(C(F)(F)F)n2)c1. The van der Waals surface area contributed by atoms with Gasteiger partial charge in [0.25, 0.3) is 0 Å². The van der Waals surface area contributed by atoms with Crippen LogP contribution in [0.2, 0.25) is 5.02 Å². The van der Waals surface area contributed by atoms with Gasteiger partial charge in [0.15, 0.2) is 5.69 Å². The van der Waals surface area contributed by atoms with Crippen LogP contribution in [0.3, 0.4) is 0 Å². The molecule has 0 saturated heterocycles. The molecule has 134 valence electrons. The molecule has 0 aliphatic heterocycles. The van der Waals surface area contributed by atoms with E-state index in [1.807, 2.05) is 0 Å². The molecule has 0 aliphatic carbocycles. The molecule has 3 rings (SSSR count). The molecule has 2 aromatic heterocycles. The molecule has 0 amide bonds. The third kappa shape index (κ3) is 4.29. The molecule has 0 fully saturated rings. The molecule has 0 aliphatic rings. The summed E-state index contributed by atoms with van der Waals surface area (Å²) in [6.07, 6.45) is -2.44. The molecule has 0 radical (unpaired) electrons. The molecular formula is C18H12ClF4N3. The molecule has 0 unspecified atom stereocenters. The van der Waals surface area contributed by atoms with Crippen molar-refractivity contribution in [2.45, 2.75) is 12.7 Å². The lowest BCUT2D eigenvalue weighted by Gasteiger charge is -2.15. The summed E-state index contributed by atoms with van der Waals surface area (Å²) in [6.45, 7) is 0.169. The quantitative estimate of drug-likeness (QED) is 0.600. The van der Waals surface area contributed by atoms with E-state index in [1.165, 1.54) is 18.3 Å². The molecule has 2 heterocycles. The van der Waals surface area contributed by atoms with E-state index >= 15 is 0 Å². The summed E-state index contributed by atoms with van der Waals surface area (Å²) in [5, 5.41) is 3.27. The molecule has 1 aromatic carbocycles. The summed E-state index contributed by atoms with van der Waals surface area (Å²) in [4.78, 5) is 7.30. The first-order valence-electron chi connectivity index (χ1n) is 7.50. The molecule has 3 nitrogen and oxygen atoms in total. The number of nitrogens with zero attached hydrogens (tertiary/aromatic N) is 2. The van der Waals surface area contributed by atoms with E-state index in [1.54, 1.807) is 24.3 Å². The van der Waals surface area contributed by atoms with Crippen LogP contribution in [-0.4, -0.2) is 9.97 Å².